The molecule has 5 heteroatoms. The summed E-state index contributed by atoms with van der Waals surface area (Å²) in [6.45, 7) is 10.9. The average Bonchev–Trinajstić information content (AvgIpc) is 2.75. The van der Waals surface area contributed by atoms with Crippen LogP contribution >= 0.6 is 0 Å². The van der Waals surface area contributed by atoms with Crippen molar-refractivity contribution < 1.29 is 14.3 Å². The van der Waals surface area contributed by atoms with E-state index in [-0.39, 0.29) is 18.4 Å². The highest BCUT2D eigenvalue weighted by Crippen LogP contribution is 2.20. The zero-order chi connectivity index (χ0) is 22.8. The minimum atomic E-state index is -0.534. The highest BCUT2D eigenvalue weighted by molar-refractivity contribution is 5.88. The number of unbranched alkanes of at least 4 members (excludes halogenated alkanes) is 1. The first-order chi connectivity index (χ1) is 14.8. The maximum absolute atomic E-state index is 13.2. The largest absolute Gasteiger partial charge is 0.483 e. The van der Waals surface area contributed by atoms with Gasteiger partial charge < -0.3 is 15.0 Å². The smallest absolute Gasteiger partial charge is 0.261 e. The van der Waals surface area contributed by atoms with Crippen LogP contribution in [-0.4, -0.2) is 35.9 Å². The molecule has 1 atom stereocenters. The van der Waals surface area contributed by atoms with Gasteiger partial charge in [-0.05, 0) is 56.4 Å². The van der Waals surface area contributed by atoms with Gasteiger partial charge in [-0.25, -0.2) is 0 Å². The molecule has 168 valence electrons. The monoisotopic (exact) mass is 424 g/mol. The Labute approximate surface area is 186 Å². The first-order valence-electron chi connectivity index (χ1n) is 11.2. The van der Waals surface area contributed by atoms with Crippen LogP contribution in [-0.2, 0) is 16.1 Å². The minimum absolute atomic E-state index is 0.102. The Morgan fingerprint density at radius 2 is 1.68 bits per heavy atom. The lowest BCUT2D eigenvalue weighted by Gasteiger charge is -2.30. The fraction of sp³-hybridized carbons (Fsp3) is 0.462. The van der Waals surface area contributed by atoms with Crippen molar-refractivity contribution in [2.24, 2.45) is 0 Å². The van der Waals surface area contributed by atoms with Gasteiger partial charge in [0.2, 0.25) is 5.91 Å². The van der Waals surface area contributed by atoms with E-state index in [1.165, 1.54) is 0 Å². The van der Waals surface area contributed by atoms with E-state index in [9.17, 15) is 9.59 Å². The lowest BCUT2D eigenvalue weighted by molar-refractivity contribution is -0.143. The molecule has 2 aromatic carbocycles. The van der Waals surface area contributed by atoms with Crippen LogP contribution in [0.2, 0.25) is 0 Å². The fourth-order valence-corrected chi connectivity index (χ4v) is 3.40. The maximum atomic E-state index is 13.2. The number of hydrogen-bond donors (Lipinski definition) is 1. The van der Waals surface area contributed by atoms with Crippen molar-refractivity contribution in [3.05, 3.63) is 64.7 Å². The number of ether oxygens (including phenoxy) is 1. The highest BCUT2D eigenvalue weighted by Gasteiger charge is 2.28. The molecule has 1 N–H and O–H groups in total. The number of aryl methyl sites for hydroxylation is 3. The lowest BCUT2D eigenvalue weighted by atomic mass is 10.1. The molecule has 0 radical (unpaired) electrons. The van der Waals surface area contributed by atoms with E-state index in [1.54, 1.807) is 4.90 Å². The van der Waals surface area contributed by atoms with Crippen molar-refractivity contribution >= 4 is 11.8 Å². The predicted molar refractivity (Wildman–Crippen MR) is 125 cm³/mol. The van der Waals surface area contributed by atoms with E-state index >= 15 is 0 Å². The third-order valence-corrected chi connectivity index (χ3v) is 5.38. The molecule has 0 saturated carbocycles. The summed E-state index contributed by atoms with van der Waals surface area (Å²) in [4.78, 5) is 27.8. The highest BCUT2D eigenvalue weighted by atomic mass is 16.5. The van der Waals surface area contributed by atoms with E-state index in [2.05, 4.69) is 12.2 Å². The van der Waals surface area contributed by atoms with Crippen molar-refractivity contribution in [1.82, 2.24) is 10.2 Å². The van der Waals surface area contributed by atoms with Crippen LogP contribution in [0.25, 0.3) is 0 Å². The van der Waals surface area contributed by atoms with Crippen LogP contribution in [0.4, 0.5) is 0 Å². The van der Waals surface area contributed by atoms with Crippen LogP contribution in [0.1, 0.15) is 55.4 Å². The molecular weight excluding hydrogens is 388 g/mol. The van der Waals surface area contributed by atoms with Gasteiger partial charge in [0, 0.05) is 13.1 Å². The molecule has 1 unspecified atom stereocenters. The third kappa shape index (κ3) is 7.42. The summed E-state index contributed by atoms with van der Waals surface area (Å²) in [5, 5.41) is 2.98. The van der Waals surface area contributed by atoms with E-state index in [4.69, 9.17) is 4.74 Å². The Morgan fingerprint density at radius 1 is 1.00 bits per heavy atom. The second kappa shape index (κ2) is 12.1. The summed E-state index contributed by atoms with van der Waals surface area (Å²) in [6, 6.07) is 13.4. The van der Waals surface area contributed by atoms with E-state index < -0.39 is 6.04 Å². The Balaban J connectivity index is 2.19. The lowest BCUT2D eigenvalue weighted by Crippen LogP contribution is -2.50. The molecule has 0 saturated heterocycles. The van der Waals surface area contributed by atoms with Gasteiger partial charge in [0.15, 0.2) is 6.61 Å². The van der Waals surface area contributed by atoms with Crippen molar-refractivity contribution in [3.63, 3.8) is 0 Å². The SMILES string of the molecule is CCCCNC(=O)C(CC)N(Cc1ccc(C)cc1)C(=O)COc1cc(C)ccc1C. The molecule has 0 aliphatic rings. The van der Waals surface area contributed by atoms with E-state index in [0.29, 0.717) is 25.3 Å². The van der Waals surface area contributed by atoms with E-state index in [1.807, 2.05) is 70.2 Å². The van der Waals surface area contributed by atoms with Crippen LogP contribution in [0.3, 0.4) is 0 Å². The number of amides is 2. The van der Waals surface area contributed by atoms with Gasteiger partial charge in [-0.3, -0.25) is 9.59 Å². The van der Waals surface area contributed by atoms with Crippen molar-refractivity contribution in [3.8, 4) is 5.75 Å². The molecule has 0 fully saturated rings. The van der Waals surface area contributed by atoms with Gasteiger partial charge in [0.1, 0.15) is 11.8 Å². The fourth-order valence-electron chi connectivity index (χ4n) is 3.40. The molecule has 0 heterocycles. The maximum Gasteiger partial charge on any atom is 0.261 e. The Kier molecular flexibility index (Phi) is 9.57. The van der Waals surface area contributed by atoms with Crippen LogP contribution in [0, 0.1) is 20.8 Å². The average molecular weight is 425 g/mol. The summed E-state index contributed by atoms with van der Waals surface area (Å²) >= 11 is 0. The Bertz CT molecular complexity index is 861. The standard InChI is InChI=1S/C26H36N2O3/c1-6-8-15-27-26(30)23(7-2)28(17-22-13-10-19(3)11-14-22)25(29)18-31-24-16-20(4)9-12-21(24)5/h9-14,16,23H,6-8,15,17-18H2,1-5H3,(H,27,30). The molecule has 0 aromatic heterocycles. The molecular formula is C26H36N2O3. The number of nitrogens with zero attached hydrogens (tertiary/aromatic N) is 1. The summed E-state index contributed by atoms with van der Waals surface area (Å²) in [6.07, 6.45) is 2.47. The summed E-state index contributed by atoms with van der Waals surface area (Å²) < 4.78 is 5.87. The molecule has 2 aromatic rings. The van der Waals surface area contributed by atoms with Gasteiger partial charge in [-0.1, -0.05) is 62.2 Å². The third-order valence-electron chi connectivity index (χ3n) is 5.38. The first kappa shape index (κ1) is 24.4. The number of carbonyl (C=O) groups excluding carboxylic acids is 2. The zero-order valence-electron chi connectivity index (χ0n) is 19.5. The molecule has 5 nitrogen and oxygen atoms in total. The second-order valence-corrected chi connectivity index (χ2v) is 8.13. The number of nitrogens with one attached hydrogen (secondary N) is 1. The normalized spacial score (nSPS) is 11.6. The Morgan fingerprint density at radius 3 is 2.32 bits per heavy atom. The van der Waals surface area contributed by atoms with Crippen LogP contribution in [0.15, 0.2) is 42.5 Å². The molecule has 31 heavy (non-hydrogen) atoms. The van der Waals surface area contributed by atoms with E-state index in [0.717, 1.165) is 35.1 Å². The molecule has 0 aliphatic heterocycles. The van der Waals surface area contributed by atoms with Crippen molar-refractivity contribution in [2.45, 2.75) is 66.5 Å². The molecule has 0 aliphatic carbocycles. The van der Waals surface area contributed by atoms with Gasteiger partial charge in [-0.2, -0.15) is 0 Å². The van der Waals surface area contributed by atoms with Crippen molar-refractivity contribution in [2.75, 3.05) is 13.2 Å². The predicted octanol–water partition coefficient (Wildman–Crippen LogP) is 4.71. The summed E-state index contributed by atoms with van der Waals surface area (Å²) in [7, 11) is 0. The number of benzene rings is 2. The van der Waals surface area contributed by atoms with Gasteiger partial charge >= 0.3 is 0 Å². The number of hydrogen-bond acceptors (Lipinski definition) is 3. The molecule has 0 spiro atoms. The molecule has 0 bridgehead atoms. The summed E-state index contributed by atoms with van der Waals surface area (Å²) in [5.41, 5.74) is 4.20. The molecule has 2 rings (SSSR count). The number of rotatable bonds is 11. The minimum Gasteiger partial charge on any atom is -0.483 e. The molecule has 2 amide bonds. The quantitative estimate of drug-likeness (QED) is 0.531. The van der Waals surface area contributed by atoms with Crippen LogP contribution in [0.5, 0.6) is 5.75 Å². The summed E-state index contributed by atoms with van der Waals surface area (Å²) in [5.74, 6) is 0.395. The topological polar surface area (TPSA) is 58.6 Å². The zero-order valence-corrected chi connectivity index (χ0v) is 19.5. The van der Waals surface area contributed by atoms with Gasteiger partial charge in [-0.15, -0.1) is 0 Å². The second-order valence-electron chi connectivity index (χ2n) is 8.13. The number of carbonyl (C=O) groups is 2. The van der Waals surface area contributed by atoms with Gasteiger partial charge in [0.05, 0.1) is 0 Å². The van der Waals surface area contributed by atoms with Gasteiger partial charge in [0.25, 0.3) is 5.91 Å². The first-order valence-corrected chi connectivity index (χ1v) is 11.2. The van der Waals surface area contributed by atoms with Crippen LogP contribution < -0.4 is 10.1 Å². The van der Waals surface area contributed by atoms with Crippen molar-refractivity contribution in [1.29, 1.82) is 0 Å². The Hall–Kier alpha value is -2.82.